The van der Waals surface area contributed by atoms with Crippen LogP contribution < -0.4 is 15.4 Å². The number of rotatable bonds is 23. The Hall–Kier alpha value is -7.68. The molecule has 2 fully saturated rings. The van der Waals surface area contributed by atoms with E-state index in [2.05, 4.69) is 27.3 Å². The summed E-state index contributed by atoms with van der Waals surface area (Å²) in [6.45, 7) is 13.0. The second-order valence-corrected chi connectivity index (χ2v) is 22.8. The molecule has 1 saturated carbocycles. The van der Waals surface area contributed by atoms with Gasteiger partial charge in [-0.25, -0.2) is 14.2 Å². The van der Waals surface area contributed by atoms with E-state index < -0.39 is 41.8 Å². The highest BCUT2D eigenvalue weighted by Gasteiger charge is 2.44. The van der Waals surface area contributed by atoms with Crippen molar-refractivity contribution in [3.8, 4) is 40.3 Å². The fourth-order valence-electron chi connectivity index (χ4n) is 10.7. The maximum atomic E-state index is 15.1. The molecule has 82 heavy (non-hydrogen) atoms. The van der Waals surface area contributed by atoms with Crippen LogP contribution in [0.2, 0.25) is 0 Å². The van der Waals surface area contributed by atoms with Gasteiger partial charge >= 0.3 is 6.09 Å². The monoisotopic (exact) mass is 1140 g/mol. The zero-order valence-corrected chi connectivity index (χ0v) is 48.6. The maximum absolute atomic E-state index is 15.1. The molecule has 4 atom stereocenters. The van der Waals surface area contributed by atoms with Crippen LogP contribution in [-0.4, -0.2) is 127 Å². The summed E-state index contributed by atoms with van der Waals surface area (Å²) >= 11 is 1.38. The van der Waals surface area contributed by atoms with Gasteiger partial charge in [-0.3, -0.25) is 19.3 Å². The van der Waals surface area contributed by atoms with Gasteiger partial charge in [0.05, 0.1) is 62.0 Å². The quantitative estimate of drug-likeness (QED) is 0.0574. The van der Waals surface area contributed by atoms with Gasteiger partial charge in [-0.05, 0) is 120 Å². The van der Waals surface area contributed by atoms with Gasteiger partial charge in [0.2, 0.25) is 17.7 Å². The van der Waals surface area contributed by atoms with Gasteiger partial charge in [-0.15, -0.1) is 11.3 Å². The van der Waals surface area contributed by atoms with Crippen LogP contribution in [0.1, 0.15) is 105 Å². The summed E-state index contributed by atoms with van der Waals surface area (Å²) in [6.07, 6.45) is 4.00. The van der Waals surface area contributed by atoms with Crippen LogP contribution >= 0.6 is 11.3 Å². The van der Waals surface area contributed by atoms with Crippen molar-refractivity contribution >= 4 is 45.9 Å². The minimum Gasteiger partial charge on any atom is -0.491 e. The van der Waals surface area contributed by atoms with E-state index in [0.29, 0.717) is 77.7 Å². The Morgan fingerprint density at radius 1 is 0.841 bits per heavy atom. The average molecular weight is 1140 g/mol. The van der Waals surface area contributed by atoms with E-state index in [4.69, 9.17) is 28.7 Å². The zero-order chi connectivity index (χ0) is 58.5. The normalized spacial score (nSPS) is 16.2. The van der Waals surface area contributed by atoms with E-state index in [1.54, 1.807) is 62.9 Å². The fourth-order valence-corrected chi connectivity index (χ4v) is 11.7. The molecule has 4 amide bonds. The third kappa shape index (κ3) is 15.1. The van der Waals surface area contributed by atoms with Crippen LogP contribution in [0.3, 0.4) is 0 Å². The molecular weight excluding hydrogens is 1060 g/mol. The van der Waals surface area contributed by atoms with Crippen LogP contribution in [0.15, 0.2) is 90.3 Å². The van der Waals surface area contributed by atoms with Crippen molar-refractivity contribution in [3.63, 3.8) is 0 Å². The molecule has 0 radical (unpaired) electrons. The Kier molecular flexibility index (Phi) is 20.5. The van der Waals surface area contributed by atoms with Crippen molar-refractivity contribution in [1.82, 2.24) is 30.0 Å². The number of nitrogens with one attached hydrogen (secondary N) is 2. The molecule has 432 valence electrons. The van der Waals surface area contributed by atoms with Gasteiger partial charge in [0.1, 0.15) is 53.5 Å². The number of amides is 4. The molecule has 2 aromatic heterocycles. The lowest BCUT2D eigenvalue weighted by Crippen LogP contribution is -2.57. The lowest BCUT2D eigenvalue weighted by molar-refractivity contribution is -0.140. The molecule has 1 aliphatic carbocycles. The lowest BCUT2D eigenvalue weighted by atomic mass is 9.83. The zero-order valence-electron chi connectivity index (χ0n) is 47.8. The highest BCUT2D eigenvalue weighted by atomic mass is 32.1. The fraction of sp³-hybridized carbons (Fsp3) is 0.444. The highest BCUT2D eigenvalue weighted by molar-refractivity contribution is 7.10. The number of likely N-dealkylation sites (N-methyl/N-ethyl adjacent to an activating group) is 1. The summed E-state index contributed by atoms with van der Waals surface area (Å²) in [4.78, 5) is 63.5. The number of nitrogens with zero attached hydrogens (tertiary/aromatic N) is 6. The number of benzene rings is 4. The summed E-state index contributed by atoms with van der Waals surface area (Å²) in [6, 6.07) is 27.1. The van der Waals surface area contributed by atoms with Crippen molar-refractivity contribution < 1.29 is 47.3 Å². The van der Waals surface area contributed by atoms with E-state index in [-0.39, 0.29) is 49.9 Å². The molecule has 8 rings (SSSR count). The number of carbonyl (C=O) groups excluding carboxylic acids is 4. The predicted octanol–water partition coefficient (Wildman–Crippen LogP) is 10.2. The Morgan fingerprint density at radius 2 is 1.51 bits per heavy atom. The third-order valence-electron chi connectivity index (χ3n) is 15.2. The summed E-state index contributed by atoms with van der Waals surface area (Å²) in [5.41, 5.74) is 6.46. The first-order chi connectivity index (χ1) is 39.4. The van der Waals surface area contributed by atoms with Crippen LogP contribution in [-0.2, 0) is 39.9 Å². The molecule has 19 heteroatoms. The molecule has 2 N–H and O–H groups in total. The number of thiazole rings is 1. The second-order valence-electron chi connectivity index (χ2n) is 21.9. The molecule has 0 bridgehead atoms. The molecule has 17 nitrogen and oxygen atoms in total. The SMILES string of the molecule is Cc1c(C#N)c(-c2ccc(C#N)cc2)c(C)n1Cc1ccc(OCCOCCOCCOCC(=O)N[C@H]2C[C@@H](c3nc(-c4ccc(F)c5ccccc45)cs3)N(C(=O)[C@@H](NC(=O)[C@H](C)N(C)C(=O)OC(C)(C)C)C3CCCCC3)C2)cc1. The summed E-state index contributed by atoms with van der Waals surface area (Å²) in [7, 11) is 1.50. The average Bonchev–Trinajstić information content (AvgIpc) is 4.39. The Bertz CT molecular complexity index is 3280. The molecule has 4 aromatic carbocycles. The number of fused-ring (bicyclic) bond motifs is 1. The Morgan fingerprint density at radius 3 is 2.18 bits per heavy atom. The molecule has 0 unspecified atom stereocenters. The number of carbonyl (C=O) groups is 4. The van der Waals surface area contributed by atoms with Crippen LogP contribution in [0.4, 0.5) is 9.18 Å². The van der Waals surface area contributed by atoms with Crippen molar-refractivity contribution in [3.05, 3.63) is 129 Å². The number of hydrogen-bond donors (Lipinski definition) is 2. The first-order valence-electron chi connectivity index (χ1n) is 28.0. The Labute approximate surface area is 483 Å². The van der Waals surface area contributed by atoms with Gasteiger partial charge in [-0.2, -0.15) is 10.5 Å². The van der Waals surface area contributed by atoms with E-state index in [1.807, 2.05) is 67.8 Å². The first-order valence-corrected chi connectivity index (χ1v) is 28.9. The second kappa shape index (κ2) is 27.9. The molecule has 6 aromatic rings. The van der Waals surface area contributed by atoms with E-state index in [1.165, 1.54) is 29.4 Å². The van der Waals surface area contributed by atoms with Gasteiger partial charge in [0, 0.05) is 59.5 Å². The van der Waals surface area contributed by atoms with E-state index in [9.17, 15) is 29.3 Å². The number of ether oxygens (including phenoxy) is 5. The van der Waals surface area contributed by atoms with Crippen molar-refractivity contribution in [2.75, 3.05) is 59.8 Å². The van der Waals surface area contributed by atoms with Crippen molar-refractivity contribution in [2.24, 2.45) is 5.92 Å². The van der Waals surface area contributed by atoms with E-state index in [0.717, 1.165) is 65.7 Å². The van der Waals surface area contributed by atoms with Gasteiger partial charge in [0.15, 0.2) is 0 Å². The maximum Gasteiger partial charge on any atom is 0.410 e. The number of halogens is 1. The predicted molar refractivity (Wildman–Crippen MR) is 310 cm³/mol. The summed E-state index contributed by atoms with van der Waals surface area (Å²) < 4.78 is 45.6. The minimum atomic E-state index is -0.943. The number of hydrogen-bond acceptors (Lipinski definition) is 13. The smallest absolute Gasteiger partial charge is 0.410 e. The summed E-state index contributed by atoms with van der Waals surface area (Å²) in [5, 5.41) is 29.1. The number of nitriles is 2. The van der Waals surface area contributed by atoms with Crippen LogP contribution in [0.25, 0.3) is 33.2 Å². The van der Waals surface area contributed by atoms with Gasteiger partial charge < -0.3 is 43.8 Å². The van der Waals surface area contributed by atoms with Crippen LogP contribution in [0, 0.1) is 48.2 Å². The molecular formula is C63H73FN8O9S. The van der Waals surface area contributed by atoms with Gasteiger partial charge in [-0.1, -0.05) is 67.8 Å². The highest BCUT2D eigenvalue weighted by Crippen LogP contribution is 2.40. The van der Waals surface area contributed by atoms with Crippen LogP contribution in [0.5, 0.6) is 5.75 Å². The first kappa shape index (κ1) is 60.4. The molecule has 1 saturated heterocycles. The number of aromatic nitrogens is 2. The minimum absolute atomic E-state index is 0.153. The topological polar surface area (TPSA) is 210 Å². The molecule has 0 spiro atoms. The van der Waals surface area contributed by atoms with Crippen molar-refractivity contribution in [2.45, 2.75) is 116 Å². The van der Waals surface area contributed by atoms with Gasteiger partial charge in [0.25, 0.3) is 0 Å². The van der Waals surface area contributed by atoms with E-state index >= 15 is 4.79 Å². The number of likely N-dealkylation sites (tertiary alicyclic amines) is 1. The summed E-state index contributed by atoms with van der Waals surface area (Å²) in [5.74, 6) is -0.930. The molecule has 2 aliphatic rings. The largest absolute Gasteiger partial charge is 0.491 e. The van der Waals surface area contributed by atoms with Crippen molar-refractivity contribution in [1.29, 1.82) is 10.5 Å². The lowest BCUT2D eigenvalue weighted by Gasteiger charge is -2.36. The molecule has 3 heterocycles. The third-order valence-corrected chi connectivity index (χ3v) is 16.1. The Balaban J connectivity index is 0.806. The molecule has 1 aliphatic heterocycles. The standard InChI is InChI=1S/C63H73FN8O9S/c1-40-52(35-66)57(45-21-17-43(34-65)18-22-45)41(2)71(40)36-44-19-23-48(24-20-44)80-32-31-78-28-27-77-29-30-79-38-56(73)67-47-33-55(60-68-54(39-82-60)51-25-26-53(64)50-16-12-11-15-49(50)51)72(37-47)61(75)58(46-13-9-8-10-14-46)69-59(74)42(3)70(7)62(76)81-63(4,5)6/h11-12,15-26,39,42,46-47,55,58H,8-10,13-14,27-33,36-38H2,1-7H3,(H,67,73)(H,69,74)/t42-,47-,55-,58-/m0/s1.